The molecule has 2 aliphatic rings. The van der Waals surface area contributed by atoms with Crippen molar-refractivity contribution < 1.29 is 19.1 Å². The van der Waals surface area contributed by atoms with E-state index in [-0.39, 0.29) is 25.0 Å². The molecule has 1 saturated heterocycles. The summed E-state index contributed by atoms with van der Waals surface area (Å²) >= 11 is 0. The number of carbonyl (C=O) groups is 2. The first-order chi connectivity index (χ1) is 9.75. The van der Waals surface area contributed by atoms with Gasteiger partial charge in [0.15, 0.2) is 11.9 Å². The Labute approximate surface area is 119 Å². The molecule has 0 aromatic heterocycles. The van der Waals surface area contributed by atoms with Gasteiger partial charge in [-0.1, -0.05) is 49.6 Å². The van der Waals surface area contributed by atoms with Gasteiger partial charge in [0, 0.05) is 6.42 Å². The van der Waals surface area contributed by atoms with Crippen molar-refractivity contribution in [3.05, 3.63) is 35.9 Å². The highest BCUT2D eigenvalue weighted by atomic mass is 16.6. The van der Waals surface area contributed by atoms with E-state index in [9.17, 15) is 9.59 Å². The number of Topliss-reactive ketones (excluding diaryl/α,β-unsaturated/α-hetero) is 1. The highest BCUT2D eigenvalue weighted by Gasteiger charge is 2.26. The molecule has 0 bridgehead atoms. The summed E-state index contributed by atoms with van der Waals surface area (Å²) in [6.07, 6.45) is 4.73. The molecular weight excluding hydrogens is 256 g/mol. The Morgan fingerprint density at radius 2 is 1.90 bits per heavy atom. The van der Waals surface area contributed by atoms with Crippen LogP contribution in [-0.4, -0.2) is 24.5 Å². The molecule has 2 fully saturated rings. The number of hydrogen-bond acceptors (Lipinski definition) is 4. The molecule has 1 heterocycles. The van der Waals surface area contributed by atoms with E-state index in [2.05, 4.69) is 0 Å². The van der Waals surface area contributed by atoms with Crippen LogP contribution in [-0.2, 0) is 25.7 Å². The van der Waals surface area contributed by atoms with E-state index < -0.39 is 6.10 Å². The van der Waals surface area contributed by atoms with E-state index in [4.69, 9.17) is 9.47 Å². The zero-order valence-corrected chi connectivity index (χ0v) is 11.5. The first-order valence-electron chi connectivity index (χ1n) is 7.09. The van der Waals surface area contributed by atoms with Crippen molar-refractivity contribution in [1.29, 1.82) is 0 Å². The monoisotopic (exact) mass is 276 g/mol. The Hall–Kier alpha value is -1.68. The molecule has 0 N–H and O–H groups in total. The summed E-state index contributed by atoms with van der Waals surface area (Å²) in [5, 5.41) is 0. The topological polar surface area (TPSA) is 52.6 Å². The van der Waals surface area contributed by atoms with Crippen molar-refractivity contribution in [3.63, 3.8) is 0 Å². The second kappa shape index (κ2) is 7.80. The van der Waals surface area contributed by atoms with Crippen LogP contribution >= 0.6 is 0 Å². The molecule has 3 rings (SSSR count). The third-order valence-corrected chi connectivity index (χ3v) is 2.97. The maximum atomic E-state index is 11.6. The van der Waals surface area contributed by atoms with E-state index >= 15 is 0 Å². The molecule has 0 amide bonds. The minimum atomic E-state index is -0.587. The first kappa shape index (κ1) is 14.7. The minimum absolute atomic E-state index is 0.0190. The minimum Gasteiger partial charge on any atom is -0.459 e. The Morgan fingerprint density at radius 1 is 1.20 bits per heavy atom. The van der Waals surface area contributed by atoms with Gasteiger partial charge in [-0.15, -0.1) is 0 Å². The van der Waals surface area contributed by atoms with Gasteiger partial charge < -0.3 is 9.47 Å². The van der Waals surface area contributed by atoms with Crippen molar-refractivity contribution in [1.82, 2.24) is 0 Å². The standard InChI is InChI=1S/C13H14O4.C3H6/c14-11-6-7-12(16-9-11)13(15)17-8-10-4-2-1-3-5-10;1-2-3-1/h1-5,12H,6-9H2;1-3H2. The number of carbonyl (C=O) groups excluding carboxylic acids is 2. The predicted molar refractivity (Wildman–Crippen MR) is 74.1 cm³/mol. The van der Waals surface area contributed by atoms with Crippen LogP contribution in [0.5, 0.6) is 0 Å². The summed E-state index contributed by atoms with van der Waals surface area (Å²) in [6.45, 7) is 0.262. The zero-order valence-electron chi connectivity index (χ0n) is 11.5. The van der Waals surface area contributed by atoms with Crippen LogP contribution in [0.2, 0.25) is 0 Å². The van der Waals surface area contributed by atoms with Crippen LogP contribution in [0.25, 0.3) is 0 Å². The molecule has 20 heavy (non-hydrogen) atoms. The molecule has 1 unspecified atom stereocenters. The van der Waals surface area contributed by atoms with Crippen LogP contribution in [0.3, 0.4) is 0 Å². The van der Waals surface area contributed by atoms with Crippen LogP contribution in [0.1, 0.15) is 37.7 Å². The number of ether oxygens (including phenoxy) is 2. The summed E-state index contributed by atoms with van der Waals surface area (Å²) in [5.74, 6) is -0.349. The lowest BCUT2D eigenvalue weighted by Gasteiger charge is -2.20. The molecule has 1 atom stereocenters. The van der Waals surface area contributed by atoms with Gasteiger partial charge >= 0.3 is 5.97 Å². The van der Waals surface area contributed by atoms with Crippen molar-refractivity contribution in [3.8, 4) is 0 Å². The second-order valence-electron chi connectivity index (χ2n) is 5.03. The van der Waals surface area contributed by atoms with Gasteiger partial charge in [-0.3, -0.25) is 4.79 Å². The lowest BCUT2D eigenvalue weighted by molar-refractivity contribution is -0.163. The summed E-state index contributed by atoms with van der Waals surface area (Å²) in [7, 11) is 0. The lowest BCUT2D eigenvalue weighted by atomic mass is 10.1. The second-order valence-corrected chi connectivity index (χ2v) is 5.03. The van der Waals surface area contributed by atoms with Gasteiger partial charge in [0.05, 0.1) is 0 Å². The molecule has 1 aliphatic carbocycles. The Morgan fingerprint density at radius 3 is 2.45 bits per heavy atom. The fourth-order valence-electron chi connectivity index (χ4n) is 1.65. The molecule has 108 valence electrons. The summed E-state index contributed by atoms with van der Waals surface area (Å²) < 4.78 is 10.2. The van der Waals surface area contributed by atoms with Crippen molar-refractivity contribution in [2.75, 3.05) is 6.61 Å². The average Bonchev–Trinajstić information content (AvgIpc) is 3.35. The SMILES string of the molecule is C1CC1.O=C1CCC(C(=O)OCc2ccccc2)OC1. The molecule has 1 aliphatic heterocycles. The van der Waals surface area contributed by atoms with Gasteiger partial charge in [-0.25, -0.2) is 4.79 Å². The predicted octanol–water partition coefficient (Wildman–Crippen LogP) is 2.65. The summed E-state index contributed by atoms with van der Waals surface area (Å²) in [4.78, 5) is 22.6. The number of benzene rings is 1. The average molecular weight is 276 g/mol. The molecule has 4 heteroatoms. The molecular formula is C16H20O4. The molecule has 0 spiro atoms. The lowest BCUT2D eigenvalue weighted by Crippen LogP contribution is -2.33. The largest absolute Gasteiger partial charge is 0.459 e. The number of esters is 1. The summed E-state index contributed by atoms with van der Waals surface area (Å²) in [5.41, 5.74) is 0.938. The van der Waals surface area contributed by atoms with E-state index in [1.54, 1.807) is 0 Å². The Kier molecular flexibility index (Phi) is 5.74. The maximum Gasteiger partial charge on any atom is 0.335 e. The fourth-order valence-corrected chi connectivity index (χ4v) is 1.65. The van der Waals surface area contributed by atoms with E-state index in [1.807, 2.05) is 30.3 Å². The van der Waals surface area contributed by atoms with Crippen LogP contribution in [0, 0.1) is 0 Å². The van der Waals surface area contributed by atoms with E-state index in [1.165, 1.54) is 19.3 Å². The third kappa shape index (κ3) is 5.53. The maximum absolute atomic E-state index is 11.6. The van der Waals surface area contributed by atoms with Crippen molar-refractivity contribution in [2.45, 2.75) is 44.8 Å². The first-order valence-corrected chi connectivity index (χ1v) is 7.09. The number of ketones is 1. The molecule has 4 nitrogen and oxygen atoms in total. The van der Waals surface area contributed by atoms with Crippen molar-refractivity contribution >= 4 is 11.8 Å². The highest BCUT2D eigenvalue weighted by Crippen LogP contribution is 2.15. The quantitative estimate of drug-likeness (QED) is 0.796. The van der Waals surface area contributed by atoms with Crippen LogP contribution < -0.4 is 0 Å². The molecule has 1 aromatic rings. The zero-order chi connectivity index (χ0) is 14.2. The highest BCUT2D eigenvalue weighted by molar-refractivity contribution is 5.83. The Bertz CT molecular complexity index is 426. The van der Waals surface area contributed by atoms with Gasteiger partial charge in [0.1, 0.15) is 13.2 Å². The fraction of sp³-hybridized carbons (Fsp3) is 0.500. The normalized spacial score (nSPS) is 20.6. The third-order valence-electron chi connectivity index (χ3n) is 2.97. The Balaban J connectivity index is 0.000000432. The summed E-state index contributed by atoms with van der Waals surface area (Å²) in [6, 6.07) is 9.45. The van der Waals surface area contributed by atoms with Gasteiger partial charge in [-0.05, 0) is 12.0 Å². The smallest absolute Gasteiger partial charge is 0.335 e. The van der Waals surface area contributed by atoms with Crippen molar-refractivity contribution in [2.24, 2.45) is 0 Å². The van der Waals surface area contributed by atoms with Gasteiger partial charge in [-0.2, -0.15) is 0 Å². The number of rotatable bonds is 3. The van der Waals surface area contributed by atoms with E-state index in [0.717, 1.165) is 5.56 Å². The van der Waals surface area contributed by atoms with Gasteiger partial charge in [0.2, 0.25) is 0 Å². The van der Waals surface area contributed by atoms with E-state index in [0.29, 0.717) is 12.8 Å². The van der Waals surface area contributed by atoms with Crippen LogP contribution in [0.15, 0.2) is 30.3 Å². The van der Waals surface area contributed by atoms with Crippen LogP contribution in [0.4, 0.5) is 0 Å². The molecule has 1 aromatic carbocycles. The van der Waals surface area contributed by atoms with Gasteiger partial charge in [0.25, 0.3) is 0 Å². The molecule has 1 saturated carbocycles. The number of hydrogen-bond donors (Lipinski definition) is 0. The molecule has 0 radical (unpaired) electrons.